The Morgan fingerprint density at radius 2 is 2.00 bits per heavy atom. The Morgan fingerprint density at radius 3 is 2.60 bits per heavy atom. The van der Waals surface area contributed by atoms with Crippen molar-refractivity contribution in [2.75, 3.05) is 12.4 Å². The molecule has 1 aromatic heterocycles. The van der Waals surface area contributed by atoms with Crippen LogP contribution in [0.2, 0.25) is 0 Å². The lowest BCUT2D eigenvalue weighted by atomic mass is 10.1. The second-order valence-electron chi connectivity index (χ2n) is 6.01. The van der Waals surface area contributed by atoms with Crippen LogP contribution in [0.3, 0.4) is 0 Å². The molecule has 1 aliphatic rings. The van der Waals surface area contributed by atoms with Crippen molar-refractivity contribution in [3.05, 3.63) is 41.3 Å². The van der Waals surface area contributed by atoms with Gasteiger partial charge in [-0.3, -0.25) is 4.79 Å². The fourth-order valence-corrected chi connectivity index (χ4v) is 2.84. The molecule has 1 aliphatic carbocycles. The summed E-state index contributed by atoms with van der Waals surface area (Å²) in [5.41, 5.74) is 0.455. The smallest absolute Gasteiger partial charge is 0.345 e. The van der Waals surface area contributed by atoms with Gasteiger partial charge in [-0.15, -0.1) is 5.10 Å². The van der Waals surface area contributed by atoms with Gasteiger partial charge < -0.3 is 15.2 Å². The number of carboxylic acid groups (broad SMARTS) is 1. The van der Waals surface area contributed by atoms with Gasteiger partial charge in [-0.1, -0.05) is 0 Å². The molecule has 2 N–H and O–H groups in total. The fourth-order valence-electron chi connectivity index (χ4n) is 2.84. The van der Waals surface area contributed by atoms with Crippen LogP contribution in [0.15, 0.2) is 24.3 Å². The lowest BCUT2D eigenvalue weighted by Crippen LogP contribution is -2.49. The summed E-state index contributed by atoms with van der Waals surface area (Å²) >= 11 is 0. The number of anilines is 1. The molecule has 7 nitrogen and oxygen atoms in total. The van der Waals surface area contributed by atoms with Gasteiger partial charge in [-0.2, -0.15) is 0 Å². The summed E-state index contributed by atoms with van der Waals surface area (Å²) in [4.78, 5) is 23.7. The number of methoxy groups -OCH3 is 1. The molecule has 1 atom stereocenters. The zero-order chi connectivity index (χ0) is 18.2. The van der Waals surface area contributed by atoms with Crippen LogP contribution in [-0.2, 0) is 27.2 Å². The van der Waals surface area contributed by atoms with Gasteiger partial charge in [0.15, 0.2) is 5.82 Å². The van der Waals surface area contributed by atoms with E-state index in [0.717, 1.165) is 37.6 Å². The van der Waals surface area contributed by atoms with E-state index in [1.165, 1.54) is 19.1 Å². The molecule has 25 heavy (non-hydrogen) atoms. The minimum Gasteiger partial charge on any atom is -0.479 e. The molecule has 1 heterocycles. The second kappa shape index (κ2) is 6.29. The van der Waals surface area contributed by atoms with Gasteiger partial charge in [0.25, 0.3) is 5.91 Å². The van der Waals surface area contributed by atoms with E-state index in [2.05, 4.69) is 10.4 Å². The summed E-state index contributed by atoms with van der Waals surface area (Å²) in [7, 11) is 1.16. The number of amides is 1. The number of nitrogens with zero attached hydrogens (tertiary/aromatic N) is 2. The molecule has 0 saturated carbocycles. The number of hydrogen-bond acceptors (Lipinski definition) is 4. The molecular weight excluding hydrogens is 329 g/mol. The predicted octanol–water partition coefficient (Wildman–Crippen LogP) is 1.93. The van der Waals surface area contributed by atoms with Crippen LogP contribution in [0.25, 0.3) is 5.69 Å². The number of carbonyl (C=O) groups excluding carboxylic acids is 1. The number of ether oxygens (including phenoxy) is 1. The van der Waals surface area contributed by atoms with Crippen molar-refractivity contribution in [3.63, 3.8) is 0 Å². The highest BCUT2D eigenvalue weighted by Crippen LogP contribution is 2.31. The molecule has 132 valence electrons. The van der Waals surface area contributed by atoms with E-state index in [-0.39, 0.29) is 5.82 Å². The standard InChI is InChI=1S/C17H18FN3O4/c1-17(25-2,16(23)24)15(22)19-14-12-4-3-5-13(12)21(20-14)11-8-6-10(18)7-9-11/h6-9H,3-5H2,1-2H3,(H,23,24)(H,19,20,22). The Morgan fingerprint density at radius 1 is 1.32 bits per heavy atom. The minimum absolute atomic E-state index is 0.311. The highest BCUT2D eigenvalue weighted by Gasteiger charge is 2.42. The van der Waals surface area contributed by atoms with Crippen LogP contribution in [0.5, 0.6) is 0 Å². The molecular formula is C17H18FN3O4. The molecule has 2 aromatic rings. The first-order chi connectivity index (χ1) is 11.9. The zero-order valence-corrected chi connectivity index (χ0v) is 13.9. The number of carboxylic acids is 1. The van der Waals surface area contributed by atoms with Crippen molar-refractivity contribution in [2.24, 2.45) is 0 Å². The SMILES string of the molecule is COC(C)(C(=O)O)C(=O)Nc1nn(-c2ccc(F)cc2)c2c1CCC2. The molecule has 0 spiro atoms. The molecule has 0 bridgehead atoms. The third kappa shape index (κ3) is 2.89. The quantitative estimate of drug-likeness (QED) is 0.806. The first-order valence-corrected chi connectivity index (χ1v) is 7.83. The number of rotatable bonds is 5. The van der Waals surface area contributed by atoms with E-state index < -0.39 is 17.5 Å². The highest BCUT2D eigenvalue weighted by molar-refractivity contribution is 6.11. The van der Waals surface area contributed by atoms with Crippen LogP contribution in [0.1, 0.15) is 24.6 Å². The van der Waals surface area contributed by atoms with Gasteiger partial charge in [-0.05, 0) is 50.5 Å². The molecule has 1 amide bonds. The third-order valence-electron chi connectivity index (χ3n) is 4.48. The summed E-state index contributed by atoms with van der Waals surface area (Å²) in [6, 6.07) is 5.87. The summed E-state index contributed by atoms with van der Waals surface area (Å²) in [6.07, 6.45) is 2.40. The lowest BCUT2D eigenvalue weighted by Gasteiger charge is -2.21. The summed E-state index contributed by atoms with van der Waals surface area (Å²) in [5.74, 6) is -2.23. The van der Waals surface area contributed by atoms with Crippen molar-refractivity contribution in [3.8, 4) is 5.69 Å². The van der Waals surface area contributed by atoms with Gasteiger partial charge in [-0.25, -0.2) is 13.9 Å². The molecule has 0 fully saturated rings. The Kier molecular flexibility index (Phi) is 4.30. The number of aromatic nitrogens is 2. The molecule has 1 aromatic carbocycles. The van der Waals surface area contributed by atoms with Gasteiger partial charge in [0.2, 0.25) is 5.60 Å². The number of benzene rings is 1. The molecule has 3 rings (SSSR count). The largest absolute Gasteiger partial charge is 0.479 e. The predicted molar refractivity (Wildman–Crippen MR) is 87.2 cm³/mol. The number of carbonyl (C=O) groups is 2. The monoisotopic (exact) mass is 347 g/mol. The van der Waals surface area contributed by atoms with Crippen molar-refractivity contribution < 1.29 is 23.8 Å². The minimum atomic E-state index is -2.01. The average Bonchev–Trinajstić information content (AvgIpc) is 3.18. The van der Waals surface area contributed by atoms with E-state index >= 15 is 0 Å². The second-order valence-corrected chi connectivity index (χ2v) is 6.01. The summed E-state index contributed by atoms with van der Waals surface area (Å²) in [6.45, 7) is 1.18. The molecule has 1 unspecified atom stereocenters. The number of fused-ring (bicyclic) bond motifs is 1. The highest BCUT2D eigenvalue weighted by atomic mass is 19.1. The van der Waals surface area contributed by atoms with Crippen LogP contribution >= 0.6 is 0 Å². The first kappa shape index (κ1) is 17.1. The van der Waals surface area contributed by atoms with Gasteiger partial charge in [0, 0.05) is 18.4 Å². The lowest BCUT2D eigenvalue weighted by molar-refractivity contribution is -0.165. The molecule has 0 saturated heterocycles. The summed E-state index contributed by atoms with van der Waals surface area (Å²) < 4.78 is 19.7. The maximum atomic E-state index is 13.1. The first-order valence-electron chi connectivity index (χ1n) is 7.83. The van der Waals surface area contributed by atoms with E-state index in [4.69, 9.17) is 4.74 Å². The Labute approximate surface area is 143 Å². The van der Waals surface area contributed by atoms with Crippen molar-refractivity contribution >= 4 is 17.7 Å². The Hall–Kier alpha value is -2.74. The van der Waals surface area contributed by atoms with Crippen LogP contribution < -0.4 is 5.32 Å². The molecule has 0 aliphatic heterocycles. The third-order valence-corrected chi connectivity index (χ3v) is 4.48. The zero-order valence-electron chi connectivity index (χ0n) is 13.9. The van der Waals surface area contributed by atoms with Gasteiger partial charge in [0.1, 0.15) is 5.82 Å². The maximum absolute atomic E-state index is 13.1. The van der Waals surface area contributed by atoms with E-state index in [0.29, 0.717) is 11.5 Å². The van der Waals surface area contributed by atoms with Crippen molar-refractivity contribution in [2.45, 2.75) is 31.8 Å². The summed E-state index contributed by atoms with van der Waals surface area (Å²) in [5, 5.41) is 16.2. The molecule has 8 heteroatoms. The maximum Gasteiger partial charge on any atom is 0.345 e. The van der Waals surface area contributed by atoms with Crippen LogP contribution in [-0.4, -0.2) is 39.5 Å². The number of aliphatic carboxylic acids is 1. The fraction of sp³-hybridized carbons (Fsp3) is 0.353. The number of halogens is 1. The number of hydrogen-bond donors (Lipinski definition) is 2. The van der Waals surface area contributed by atoms with E-state index in [1.807, 2.05) is 0 Å². The Balaban J connectivity index is 1.96. The van der Waals surface area contributed by atoms with Crippen molar-refractivity contribution in [1.82, 2.24) is 9.78 Å². The van der Waals surface area contributed by atoms with Gasteiger partial charge >= 0.3 is 5.97 Å². The average molecular weight is 347 g/mol. The van der Waals surface area contributed by atoms with Crippen LogP contribution in [0.4, 0.5) is 10.2 Å². The van der Waals surface area contributed by atoms with E-state index in [9.17, 15) is 19.1 Å². The Bertz CT molecular complexity index is 831. The van der Waals surface area contributed by atoms with Crippen molar-refractivity contribution in [1.29, 1.82) is 0 Å². The van der Waals surface area contributed by atoms with Crippen LogP contribution in [0, 0.1) is 5.82 Å². The topological polar surface area (TPSA) is 93.4 Å². The molecule has 0 radical (unpaired) electrons. The van der Waals surface area contributed by atoms with Gasteiger partial charge in [0.05, 0.1) is 5.69 Å². The normalized spacial score (nSPS) is 15.5. The van der Waals surface area contributed by atoms with E-state index in [1.54, 1.807) is 16.8 Å². The number of nitrogens with one attached hydrogen (secondary N) is 1.